The van der Waals surface area contributed by atoms with Crippen molar-refractivity contribution >= 4 is 11.7 Å². The fourth-order valence-electron chi connectivity index (χ4n) is 2.18. The van der Waals surface area contributed by atoms with Gasteiger partial charge in [-0.2, -0.15) is 0 Å². The van der Waals surface area contributed by atoms with Gasteiger partial charge in [-0.25, -0.2) is 4.79 Å². The second kappa shape index (κ2) is 5.17. The molecule has 0 aliphatic carbocycles. The van der Waals surface area contributed by atoms with E-state index < -0.39 is 0 Å². The van der Waals surface area contributed by atoms with Crippen molar-refractivity contribution in [1.29, 1.82) is 0 Å². The van der Waals surface area contributed by atoms with Gasteiger partial charge in [0.25, 0.3) is 0 Å². The smallest absolute Gasteiger partial charge is 0.321 e. The molecule has 1 N–H and O–H groups in total. The average Bonchev–Trinajstić information content (AvgIpc) is 2.32. The van der Waals surface area contributed by atoms with Gasteiger partial charge < -0.3 is 10.2 Å². The van der Waals surface area contributed by atoms with Gasteiger partial charge in [0, 0.05) is 31.2 Å². The molecular formula is C13H19N3O. The van der Waals surface area contributed by atoms with E-state index in [1.807, 2.05) is 17.9 Å². The monoisotopic (exact) mass is 233 g/mol. The van der Waals surface area contributed by atoms with Crippen LogP contribution in [0.25, 0.3) is 0 Å². The van der Waals surface area contributed by atoms with Crippen LogP contribution in [0.5, 0.6) is 0 Å². The van der Waals surface area contributed by atoms with Crippen LogP contribution in [0.15, 0.2) is 18.5 Å². The molecule has 0 radical (unpaired) electrons. The standard InChI is InChI=1S/C13H19N3O/c1-10-4-3-7-16(9-10)13(17)15-12-5-6-14-8-11(12)2/h5-6,8,10H,3-4,7,9H2,1-2H3,(H,14,15,17). The maximum absolute atomic E-state index is 12.1. The summed E-state index contributed by atoms with van der Waals surface area (Å²) < 4.78 is 0. The highest BCUT2D eigenvalue weighted by molar-refractivity contribution is 5.90. The molecule has 2 heterocycles. The number of hydrogen-bond acceptors (Lipinski definition) is 2. The predicted molar refractivity (Wildman–Crippen MR) is 68.0 cm³/mol. The largest absolute Gasteiger partial charge is 0.324 e. The molecule has 0 saturated carbocycles. The van der Waals surface area contributed by atoms with E-state index in [0.717, 1.165) is 30.8 Å². The summed E-state index contributed by atoms with van der Waals surface area (Å²) in [6, 6.07) is 1.84. The number of urea groups is 1. The van der Waals surface area contributed by atoms with Crippen molar-refractivity contribution in [3.8, 4) is 0 Å². The lowest BCUT2D eigenvalue weighted by atomic mass is 10.0. The molecule has 4 nitrogen and oxygen atoms in total. The first-order valence-corrected chi connectivity index (χ1v) is 6.13. The molecule has 2 rings (SSSR count). The van der Waals surface area contributed by atoms with Crippen LogP contribution in [-0.2, 0) is 0 Å². The number of anilines is 1. The fraction of sp³-hybridized carbons (Fsp3) is 0.538. The second-order valence-electron chi connectivity index (χ2n) is 4.81. The Balaban J connectivity index is 1.99. The molecule has 4 heteroatoms. The second-order valence-corrected chi connectivity index (χ2v) is 4.81. The van der Waals surface area contributed by atoms with Gasteiger partial charge in [0.15, 0.2) is 0 Å². The molecule has 1 aromatic heterocycles. The predicted octanol–water partition coefficient (Wildman–Crippen LogP) is 2.65. The topological polar surface area (TPSA) is 45.2 Å². The summed E-state index contributed by atoms with van der Waals surface area (Å²) in [5, 5.41) is 2.95. The van der Waals surface area contributed by atoms with Crippen LogP contribution in [0.4, 0.5) is 10.5 Å². The summed E-state index contributed by atoms with van der Waals surface area (Å²) in [6.07, 6.45) is 5.78. The van der Waals surface area contributed by atoms with Crippen LogP contribution < -0.4 is 5.32 Å². The van der Waals surface area contributed by atoms with Gasteiger partial charge in [0.05, 0.1) is 0 Å². The van der Waals surface area contributed by atoms with E-state index in [4.69, 9.17) is 0 Å². The summed E-state index contributed by atoms with van der Waals surface area (Å²) in [6.45, 7) is 5.86. The summed E-state index contributed by atoms with van der Waals surface area (Å²) in [5.41, 5.74) is 1.84. The molecule has 17 heavy (non-hydrogen) atoms. The Hall–Kier alpha value is -1.58. The van der Waals surface area contributed by atoms with E-state index in [1.165, 1.54) is 6.42 Å². The average molecular weight is 233 g/mol. The van der Waals surface area contributed by atoms with Crippen molar-refractivity contribution in [2.24, 2.45) is 5.92 Å². The molecular weight excluding hydrogens is 214 g/mol. The number of nitrogens with one attached hydrogen (secondary N) is 1. The minimum absolute atomic E-state index is 0.00542. The Bertz CT molecular complexity index is 405. The zero-order chi connectivity index (χ0) is 12.3. The van der Waals surface area contributed by atoms with Gasteiger partial charge in [-0.05, 0) is 37.3 Å². The fourth-order valence-corrected chi connectivity index (χ4v) is 2.18. The molecule has 1 aliphatic rings. The van der Waals surface area contributed by atoms with Crippen LogP contribution in [-0.4, -0.2) is 29.0 Å². The third kappa shape index (κ3) is 2.96. The van der Waals surface area contributed by atoms with Crippen molar-refractivity contribution in [3.63, 3.8) is 0 Å². The third-order valence-corrected chi connectivity index (χ3v) is 3.21. The number of aryl methyl sites for hydroxylation is 1. The molecule has 0 bridgehead atoms. The van der Waals surface area contributed by atoms with E-state index in [9.17, 15) is 4.79 Å². The number of amides is 2. The summed E-state index contributed by atoms with van der Waals surface area (Å²) >= 11 is 0. The van der Waals surface area contributed by atoms with Gasteiger partial charge in [0.1, 0.15) is 0 Å². The van der Waals surface area contributed by atoms with Gasteiger partial charge >= 0.3 is 6.03 Å². The lowest BCUT2D eigenvalue weighted by molar-refractivity contribution is 0.182. The first kappa shape index (κ1) is 11.9. The zero-order valence-electron chi connectivity index (χ0n) is 10.4. The molecule has 1 fully saturated rings. The number of rotatable bonds is 1. The van der Waals surface area contributed by atoms with Crippen molar-refractivity contribution in [1.82, 2.24) is 9.88 Å². The van der Waals surface area contributed by atoms with Gasteiger partial charge in [-0.1, -0.05) is 6.92 Å². The highest BCUT2D eigenvalue weighted by Gasteiger charge is 2.20. The normalized spacial score (nSPS) is 20.1. The molecule has 1 unspecified atom stereocenters. The minimum atomic E-state index is 0.00542. The number of carbonyl (C=O) groups excluding carboxylic acids is 1. The number of pyridine rings is 1. The van der Waals surface area contributed by atoms with E-state index in [-0.39, 0.29) is 6.03 Å². The molecule has 0 aromatic carbocycles. The van der Waals surface area contributed by atoms with Crippen molar-refractivity contribution < 1.29 is 4.79 Å². The molecule has 1 aliphatic heterocycles. The number of piperidine rings is 1. The van der Waals surface area contributed by atoms with Crippen LogP contribution in [0, 0.1) is 12.8 Å². The number of carbonyl (C=O) groups is 1. The van der Waals surface area contributed by atoms with Crippen molar-refractivity contribution in [2.75, 3.05) is 18.4 Å². The molecule has 2 amide bonds. The van der Waals surface area contributed by atoms with Crippen LogP contribution in [0.3, 0.4) is 0 Å². The van der Waals surface area contributed by atoms with Gasteiger partial charge in [-0.3, -0.25) is 4.98 Å². The molecule has 1 atom stereocenters. The van der Waals surface area contributed by atoms with Gasteiger partial charge in [-0.15, -0.1) is 0 Å². The summed E-state index contributed by atoms with van der Waals surface area (Å²) in [5.74, 6) is 0.605. The molecule has 1 aromatic rings. The van der Waals surface area contributed by atoms with Crippen molar-refractivity contribution in [3.05, 3.63) is 24.0 Å². The van der Waals surface area contributed by atoms with Gasteiger partial charge in [0.2, 0.25) is 0 Å². The van der Waals surface area contributed by atoms with Crippen LogP contribution in [0.2, 0.25) is 0 Å². The van der Waals surface area contributed by atoms with E-state index in [0.29, 0.717) is 5.92 Å². The SMILES string of the molecule is Cc1cnccc1NC(=O)N1CCCC(C)C1. The van der Waals surface area contributed by atoms with E-state index in [1.54, 1.807) is 12.4 Å². The Morgan fingerprint density at radius 3 is 3.12 bits per heavy atom. The molecule has 92 valence electrons. The Kier molecular flexibility index (Phi) is 3.61. The van der Waals surface area contributed by atoms with Crippen LogP contribution in [0.1, 0.15) is 25.3 Å². The molecule has 1 saturated heterocycles. The van der Waals surface area contributed by atoms with Crippen molar-refractivity contribution in [2.45, 2.75) is 26.7 Å². The Labute approximate surface area is 102 Å². The van der Waals surface area contributed by atoms with Crippen LogP contribution >= 0.6 is 0 Å². The van der Waals surface area contributed by atoms with E-state index in [2.05, 4.69) is 17.2 Å². The summed E-state index contributed by atoms with van der Waals surface area (Å²) in [4.78, 5) is 18.0. The third-order valence-electron chi connectivity index (χ3n) is 3.21. The lowest BCUT2D eigenvalue weighted by Crippen LogP contribution is -2.41. The lowest BCUT2D eigenvalue weighted by Gasteiger charge is -2.31. The number of nitrogens with zero attached hydrogens (tertiary/aromatic N) is 2. The number of likely N-dealkylation sites (tertiary alicyclic amines) is 1. The zero-order valence-corrected chi connectivity index (χ0v) is 10.4. The first-order valence-electron chi connectivity index (χ1n) is 6.13. The quantitative estimate of drug-likeness (QED) is 0.810. The minimum Gasteiger partial charge on any atom is -0.324 e. The highest BCUT2D eigenvalue weighted by atomic mass is 16.2. The first-order chi connectivity index (χ1) is 8.16. The highest BCUT2D eigenvalue weighted by Crippen LogP contribution is 2.18. The molecule has 0 spiro atoms. The number of aromatic nitrogens is 1. The summed E-state index contributed by atoms with van der Waals surface area (Å²) in [7, 11) is 0. The Morgan fingerprint density at radius 1 is 1.59 bits per heavy atom. The number of hydrogen-bond donors (Lipinski definition) is 1. The maximum atomic E-state index is 12.1. The maximum Gasteiger partial charge on any atom is 0.321 e. The Morgan fingerprint density at radius 2 is 2.41 bits per heavy atom. The van der Waals surface area contributed by atoms with E-state index >= 15 is 0 Å².